The van der Waals surface area contributed by atoms with E-state index < -0.39 is 0 Å². The molecule has 0 amide bonds. The number of benzene rings is 1. The number of aliphatic hydroxyl groups is 1. The van der Waals surface area contributed by atoms with Gasteiger partial charge in [-0.1, -0.05) is 30.3 Å². The molecular formula is C14H15N5O. The van der Waals surface area contributed by atoms with Gasteiger partial charge in [0, 0.05) is 17.7 Å². The second kappa shape index (κ2) is 5.26. The van der Waals surface area contributed by atoms with Gasteiger partial charge in [0.25, 0.3) is 5.78 Å². The van der Waals surface area contributed by atoms with Crippen molar-refractivity contribution in [3.8, 4) is 11.3 Å². The van der Waals surface area contributed by atoms with Crippen LogP contribution in [0.25, 0.3) is 17.0 Å². The lowest BCUT2D eigenvalue weighted by Gasteiger charge is -2.14. The number of anilines is 1. The van der Waals surface area contributed by atoms with Crippen molar-refractivity contribution in [2.45, 2.75) is 13.0 Å². The molecule has 1 aromatic carbocycles. The molecule has 1 atom stereocenters. The van der Waals surface area contributed by atoms with E-state index in [2.05, 4.69) is 20.4 Å². The standard InChI is InChI=1S/C14H15N5O/c1-10(8-20)17-13-7-12(11-5-3-2-4-6-11)18-14-15-9-16-19(13)14/h2-7,9-10,17,20H,8H2,1H3. The molecule has 6 nitrogen and oxygen atoms in total. The van der Waals surface area contributed by atoms with Crippen LogP contribution in [0.3, 0.4) is 0 Å². The van der Waals surface area contributed by atoms with E-state index in [0.717, 1.165) is 17.1 Å². The van der Waals surface area contributed by atoms with Crippen LogP contribution in [-0.4, -0.2) is 37.3 Å². The average molecular weight is 269 g/mol. The molecule has 0 aliphatic heterocycles. The fourth-order valence-electron chi connectivity index (χ4n) is 1.97. The van der Waals surface area contributed by atoms with E-state index in [1.165, 1.54) is 6.33 Å². The summed E-state index contributed by atoms with van der Waals surface area (Å²) in [6.07, 6.45) is 1.46. The SMILES string of the molecule is CC(CO)Nc1cc(-c2ccccc2)nc2ncnn12. The van der Waals surface area contributed by atoms with E-state index >= 15 is 0 Å². The second-order valence-corrected chi connectivity index (χ2v) is 4.59. The highest BCUT2D eigenvalue weighted by atomic mass is 16.3. The number of nitrogens with zero attached hydrogens (tertiary/aromatic N) is 4. The van der Waals surface area contributed by atoms with E-state index in [9.17, 15) is 5.11 Å². The number of aromatic nitrogens is 4. The van der Waals surface area contributed by atoms with Gasteiger partial charge in [-0.3, -0.25) is 0 Å². The molecule has 0 saturated heterocycles. The van der Waals surface area contributed by atoms with Crippen molar-refractivity contribution in [1.29, 1.82) is 0 Å². The van der Waals surface area contributed by atoms with E-state index in [0.29, 0.717) is 5.78 Å². The van der Waals surface area contributed by atoms with Crippen molar-refractivity contribution >= 4 is 11.6 Å². The van der Waals surface area contributed by atoms with E-state index in [1.54, 1.807) is 4.52 Å². The molecule has 0 bridgehead atoms. The van der Waals surface area contributed by atoms with Crippen LogP contribution in [-0.2, 0) is 0 Å². The number of hydrogen-bond donors (Lipinski definition) is 2. The third-order valence-electron chi connectivity index (χ3n) is 2.99. The number of aliphatic hydroxyl groups excluding tert-OH is 1. The lowest BCUT2D eigenvalue weighted by atomic mass is 10.1. The Hall–Kier alpha value is -2.47. The number of nitrogens with one attached hydrogen (secondary N) is 1. The molecule has 0 spiro atoms. The molecule has 0 fully saturated rings. The third kappa shape index (κ3) is 2.33. The molecule has 2 heterocycles. The van der Waals surface area contributed by atoms with Crippen LogP contribution in [0, 0.1) is 0 Å². The minimum absolute atomic E-state index is 0.0409. The summed E-state index contributed by atoms with van der Waals surface area (Å²) in [6.45, 7) is 1.94. The monoisotopic (exact) mass is 269 g/mol. The Morgan fingerprint density at radius 1 is 1.30 bits per heavy atom. The van der Waals surface area contributed by atoms with Gasteiger partial charge < -0.3 is 10.4 Å². The normalized spacial score (nSPS) is 12.5. The quantitative estimate of drug-likeness (QED) is 0.752. The lowest BCUT2D eigenvalue weighted by molar-refractivity contribution is 0.281. The van der Waals surface area contributed by atoms with Gasteiger partial charge in [0.15, 0.2) is 0 Å². The van der Waals surface area contributed by atoms with E-state index in [1.807, 2.05) is 43.3 Å². The van der Waals surface area contributed by atoms with Crippen LogP contribution in [0.4, 0.5) is 5.82 Å². The largest absolute Gasteiger partial charge is 0.394 e. The van der Waals surface area contributed by atoms with Gasteiger partial charge in [0.1, 0.15) is 12.1 Å². The van der Waals surface area contributed by atoms with Crippen LogP contribution in [0.1, 0.15) is 6.92 Å². The second-order valence-electron chi connectivity index (χ2n) is 4.59. The van der Waals surface area contributed by atoms with Crippen LogP contribution in [0.15, 0.2) is 42.7 Å². The maximum absolute atomic E-state index is 9.18. The molecule has 0 radical (unpaired) electrons. The molecule has 3 aromatic rings. The smallest absolute Gasteiger partial charge is 0.254 e. The molecule has 2 aromatic heterocycles. The minimum atomic E-state index is -0.0755. The van der Waals surface area contributed by atoms with Crippen LogP contribution < -0.4 is 5.32 Å². The highest BCUT2D eigenvalue weighted by Crippen LogP contribution is 2.21. The predicted octanol–water partition coefficient (Wildman–Crippen LogP) is 1.58. The summed E-state index contributed by atoms with van der Waals surface area (Å²) in [5.41, 5.74) is 1.83. The fourth-order valence-corrected chi connectivity index (χ4v) is 1.97. The Labute approximate surface area is 116 Å². The van der Waals surface area contributed by atoms with Crippen molar-refractivity contribution < 1.29 is 5.11 Å². The van der Waals surface area contributed by atoms with Gasteiger partial charge in [-0.2, -0.15) is 14.6 Å². The number of rotatable bonds is 4. The lowest BCUT2D eigenvalue weighted by Crippen LogP contribution is -2.21. The molecule has 102 valence electrons. The Bertz CT molecular complexity index is 710. The Kier molecular flexibility index (Phi) is 3.30. The average Bonchev–Trinajstić information content (AvgIpc) is 2.96. The van der Waals surface area contributed by atoms with Gasteiger partial charge in [0.05, 0.1) is 12.3 Å². The van der Waals surface area contributed by atoms with Crippen molar-refractivity contribution in [2.75, 3.05) is 11.9 Å². The first-order chi connectivity index (χ1) is 9.78. The zero-order valence-corrected chi connectivity index (χ0v) is 11.1. The first-order valence-electron chi connectivity index (χ1n) is 6.41. The molecule has 3 rings (SSSR count). The predicted molar refractivity (Wildman–Crippen MR) is 76.4 cm³/mol. The fraction of sp³-hybridized carbons (Fsp3) is 0.214. The summed E-state index contributed by atoms with van der Waals surface area (Å²) in [7, 11) is 0. The van der Waals surface area contributed by atoms with Crippen LogP contribution in [0.5, 0.6) is 0 Å². The van der Waals surface area contributed by atoms with Crippen molar-refractivity contribution in [3.05, 3.63) is 42.7 Å². The van der Waals surface area contributed by atoms with Gasteiger partial charge >= 0.3 is 0 Å². The molecule has 6 heteroatoms. The van der Waals surface area contributed by atoms with Gasteiger partial charge in [-0.05, 0) is 6.92 Å². The molecule has 0 aliphatic carbocycles. The van der Waals surface area contributed by atoms with Gasteiger partial charge in [0.2, 0.25) is 0 Å². The molecule has 1 unspecified atom stereocenters. The molecular weight excluding hydrogens is 254 g/mol. The summed E-state index contributed by atoms with van der Waals surface area (Å²) in [4.78, 5) is 8.62. The summed E-state index contributed by atoms with van der Waals surface area (Å²) in [6, 6.07) is 11.7. The Balaban J connectivity index is 2.11. The Morgan fingerprint density at radius 2 is 2.10 bits per heavy atom. The molecule has 0 aliphatic rings. The molecule has 20 heavy (non-hydrogen) atoms. The summed E-state index contributed by atoms with van der Waals surface area (Å²) >= 11 is 0. The highest BCUT2D eigenvalue weighted by molar-refractivity contribution is 5.65. The topological polar surface area (TPSA) is 75.3 Å². The number of fused-ring (bicyclic) bond motifs is 1. The first kappa shape index (κ1) is 12.6. The summed E-state index contributed by atoms with van der Waals surface area (Å²) in [5, 5.41) is 16.5. The van der Waals surface area contributed by atoms with Crippen LogP contribution >= 0.6 is 0 Å². The van der Waals surface area contributed by atoms with Crippen molar-refractivity contribution in [2.24, 2.45) is 0 Å². The van der Waals surface area contributed by atoms with E-state index in [-0.39, 0.29) is 12.6 Å². The zero-order valence-electron chi connectivity index (χ0n) is 11.1. The molecule has 2 N–H and O–H groups in total. The Morgan fingerprint density at radius 3 is 2.85 bits per heavy atom. The highest BCUT2D eigenvalue weighted by Gasteiger charge is 2.10. The zero-order chi connectivity index (χ0) is 13.9. The van der Waals surface area contributed by atoms with Crippen molar-refractivity contribution in [3.63, 3.8) is 0 Å². The maximum Gasteiger partial charge on any atom is 0.254 e. The summed E-state index contributed by atoms with van der Waals surface area (Å²) < 4.78 is 1.62. The van der Waals surface area contributed by atoms with Crippen LogP contribution in [0.2, 0.25) is 0 Å². The maximum atomic E-state index is 9.18. The summed E-state index contributed by atoms with van der Waals surface area (Å²) in [5.74, 6) is 1.28. The first-order valence-corrected chi connectivity index (χ1v) is 6.41. The van der Waals surface area contributed by atoms with Gasteiger partial charge in [-0.25, -0.2) is 4.98 Å². The third-order valence-corrected chi connectivity index (χ3v) is 2.99. The minimum Gasteiger partial charge on any atom is -0.394 e. The van der Waals surface area contributed by atoms with Crippen molar-refractivity contribution in [1.82, 2.24) is 19.6 Å². The van der Waals surface area contributed by atoms with E-state index in [4.69, 9.17) is 0 Å². The molecule has 0 saturated carbocycles. The van der Waals surface area contributed by atoms with Gasteiger partial charge in [-0.15, -0.1) is 0 Å². The number of hydrogen-bond acceptors (Lipinski definition) is 5.